The molecule has 1 aromatic carbocycles. The second kappa shape index (κ2) is 5.94. The Bertz CT molecular complexity index is 759. The molecule has 1 aliphatic rings. The summed E-state index contributed by atoms with van der Waals surface area (Å²) in [6.07, 6.45) is 0.461. The maximum absolute atomic E-state index is 12.5. The Hall–Kier alpha value is -1.92. The van der Waals surface area contributed by atoms with E-state index in [1.54, 1.807) is 29.3 Å². The van der Waals surface area contributed by atoms with Crippen molar-refractivity contribution in [2.45, 2.75) is 13.3 Å². The van der Waals surface area contributed by atoms with Gasteiger partial charge in [-0.15, -0.1) is 11.3 Å². The highest BCUT2D eigenvalue weighted by molar-refractivity contribution is 7.13. The van der Waals surface area contributed by atoms with Crippen molar-refractivity contribution < 1.29 is 14.7 Å². The van der Waals surface area contributed by atoms with Crippen molar-refractivity contribution in [1.29, 1.82) is 0 Å². The van der Waals surface area contributed by atoms with Crippen LogP contribution in [0.15, 0.2) is 29.6 Å². The number of thiazole rings is 1. The Balaban J connectivity index is 1.77. The van der Waals surface area contributed by atoms with Crippen molar-refractivity contribution in [3.63, 3.8) is 0 Å². The minimum atomic E-state index is -0.870. The van der Waals surface area contributed by atoms with E-state index < -0.39 is 11.4 Å². The average molecular weight is 351 g/mol. The fourth-order valence-electron chi connectivity index (χ4n) is 2.57. The van der Waals surface area contributed by atoms with Crippen molar-refractivity contribution in [1.82, 2.24) is 9.88 Å². The molecule has 2 aromatic rings. The van der Waals surface area contributed by atoms with E-state index in [0.717, 1.165) is 10.6 Å². The number of aliphatic carboxylic acids is 1. The van der Waals surface area contributed by atoms with Gasteiger partial charge in [-0.25, -0.2) is 4.98 Å². The lowest BCUT2D eigenvalue weighted by molar-refractivity contribution is -0.147. The van der Waals surface area contributed by atoms with Crippen molar-refractivity contribution in [2.24, 2.45) is 5.41 Å². The lowest BCUT2D eigenvalue weighted by Gasteiger charge is -2.19. The Kier molecular flexibility index (Phi) is 4.12. The predicted molar refractivity (Wildman–Crippen MR) is 88.8 cm³/mol. The van der Waals surface area contributed by atoms with Crippen LogP contribution in [-0.4, -0.2) is 40.0 Å². The summed E-state index contributed by atoms with van der Waals surface area (Å²) in [6.45, 7) is 2.33. The first-order valence-corrected chi connectivity index (χ1v) is 8.39. The number of amides is 1. The van der Waals surface area contributed by atoms with Crippen LogP contribution < -0.4 is 0 Å². The topological polar surface area (TPSA) is 70.5 Å². The number of halogens is 1. The summed E-state index contributed by atoms with van der Waals surface area (Å²) in [5.74, 6) is -1.08. The van der Waals surface area contributed by atoms with Crippen LogP contribution in [0.2, 0.25) is 5.02 Å². The van der Waals surface area contributed by atoms with Gasteiger partial charge in [-0.3, -0.25) is 9.59 Å². The zero-order chi connectivity index (χ0) is 16.6. The molecule has 1 fully saturated rings. The maximum Gasteiger partial charge on any atom is 0.311 e. The van der Waals surface area contributed by atoms with Crippen LogP contribution in [0.1, 0.15) is 23.8 Å². The fourth-order valence-corrected chi connectivity index (χ4v) is 3.49. The molecule has 1 amide bonds. The molecule has 3 rings (SSSR count). The molecule has 5 nitrogen and oxygen atoms in total. The van der Waals surface area contributed by atoms with Crippen LogP contribution in [0.4, 0.5) is 0 Å². The SMILES string of the molecule is CC1(C(=O)O)CCN(C(=O)c2csc(-c3ccc(Cl)cc3)n2)C1. The van der Waals surface area contributed by atoms with Crippen molar-refractivity contribution in [2.75, 3.05) is 13.1 Å². The van der Waals surface area contributed by atoms with E-state index in [4.69, 9.17) is 11.6 Å². The van der Waals surface area contributed by atoms with Gasteiger partial charge < -0.3 is 10.0 Å². The van der Waals surface area contributed by atoms with Gasteiger partial charge in [0.25, 0.3) is 5.91 Å². The summed E-state index contributed by atoms with van der Waals surface area (Å²) >= 11 is 7.25. The van der Waals surface area contributed by atoms with Crippen molar-refractivity contribution in [3.8, 4) is 10.6 Å². The summed E-state index contributed by atoms with van der Waals surface area (Å²) < 4.78 is 0. The van der Waals surface area contributed by atoms with Crippen LogP contribution in [0, 0.1) is 5.41 Å². The largest absolute Gasteiger partial charge is 0.481 e. The van der Waals surface area contributed by atoms with Gasteiger partial charge in [0.1, 0.15) is 10.7 Å². The Labute approximate surface area is 142 Å². The van der Waals surface area contributed by atoms with E-state index in [2.05, 4.69) is 4.98 Å². The van der Waals surface area contributed by atoms with E-state index in [0.29, 0.717) is 23.7 Å². The molecule has 0 radical (unpaired) electrons. The first kappa shape index (κ1) is 16.0. The quantitative estimate of drug-likeness (QED) is 0.921. The average Bonchev–Trinajstić information content (AvgIpc) is 3.15. The van der Waals surface area contributed by atoms with Crippen LogP contribution >= 0.6 is 22.9 Å². The third-order valence-corrected chi connectivity index (χ3v) is 5.23. The minimum absolute atomic E-state index is 0.216. The molecule has 7 heteroatoms. The molecule has 0 aliphatic carbocycles. The Morgan fingerprint density at radius 2 is 2.04 bits per heavy atom. The molecule has 0 saturated carbocycles. The molecule has 0 bridgehead atoms. The zero-order valence-electron chi connectivity index (χ0n) is 12.5. The third kappa shape index (κ3) is 3.09. The number of carboxylic acid groups (broad SMARTS) is 1. The summed E-state index contributed by atoms with van der Waals surface area (Å²) in [6, 6.07) is 7.26. The second-order valence-corrected chi connectivity index (χ2v) is 7.18. The molecular weight excluding hydrogens is 336 g/mol. The van der Waals surface area contributed by atoms with Gasteiger partial charge >= 0.3 is 5.97 Å². The number of hydrogen-bond donors (Lipinski definition) is 1. The number of carbonyl (C=O) groups is 2. The predicted octanol–water partition coefficient (Wildman–Crippen LogP) is 3.40. The highest BCUT2D eigenvalue weighted by atomic mass is 35.5. The summed E-state index contributed by atoms with van der Waals surface area (Å²) in [5, 5.41) is 12.4. The van der Waals surface area contributed by atoms with Gasteiger partial charge in [0.05, 0.1) is 5.41 Å². The second-order valence-electron chi connectivity index (χ2n) is 5.89. The lowest BCUT2D eigenvalue weighted by atomic mass is 9.90. The van der Waals surface area contributed by atoms with Crippen molar-refractivity contribution >= 4 is 34.8 Å². The van der Waals surface area contributed by atoms with E-state index in [9.17, 15) is 14.7 Å². The number of likely N-dealkylation sites (tertiary alicyclic amines) is 1. The number of benzene rings is 1. The molecule has 1 saturated heterocycles. The highest BCUT2D eigenvalue weighted by Gasteiger charge is 2.42. The van der Waals surface area contributed by atoms with Gasteiger partial charge in [0, 0.05) is 29.1 Å². The summed E-state index contributed by atoms with van der Waals surface area (Å²) in [7, 11) is 0. The molecule has 1 N–H and O–H groups in total. The van der Waals surface area contributed by atoms with Crippen LogP contribution in [0.3, 0.4) is 0 Å². The van der Waals surface area contributed by atoms with E-state index >= 15 is 0 Å². The van der Waals surface area contributed by atoms with Gasteiger partial charge in [-0.05, 0) is 25.5 Å². The first-order valence-electron chi connectivity index (χ1n) is 7.13. The number of rotatable bonds is 3. The van der Waals surface area contributed by atoms with Crippen LogP contribution in [0.5, 0.6) is 0 Å². The first-order chi connectivity index (χ1) is 10.9. The molecular formula is C16H15ClN2O3S. The van der Waals surface area contributed by atoms with Crippen molar-refractivity contribution in [3.05, 3.63) is 40.4 Å². The Morgan fingerprint density at radius 1 is 1.35 bits per heavy atom. The molecule has 1 aliphatic heterocycles. The van der Waals surface area contributed by atoms with Crippen LogP contribution in [0.25, 0.3) is 10.6 Å². The monoisotopic (exact) mass is 350 g/mol. The van der Waals surface area contributed by atoms with Gasteiger partial charge in [0.15, 0.2) is 0 Å². The number of aromatic nitrogens is 1. The zero-order valence-corrected chi connectivity index (χ0v) is 14.0. The van der Waals surface area contributed by atoms with Gasteiger partial charge in [-0.2, -0.15) is 0 Å². The molecule has 1 atom stereocenters. The molecule has 1 unspecified atom stereocenters. The standard InChI is InChI=1S/C16H15ClN2O3S/c1-16(15(21)22)6-7-19(9-16)14(20)12-8-23-13(18-12)10-2-4-11(17)5-3-10/h2-5,8H,6-7,9H2,1H3,(H,21,22). The smallest absolute Gasteiger partial charge is 0.311 e. The molecule has 1 aromatic heterocycles. The summed E-state index contributed by atoms with van der Waals surface area (Å²) in [5.41, 5.74) is 0.384. The number of nitrogens with zero attached hydrogens (tertiary/aromatic N) is 2. The van der Waals surface area contributed by atoms with Crippen LogP contribution in [-0.2, 0) is 4.79 Å². The minimum Gasteiger partial charge on any atom is -0.481 e. The third-order valence-electron chi connectivity index (χ3n) is 4.09. The highest BCUT2D eigenvalue weighted by Crippen LogP contribution is 2.32. The summed E-state index contributed by atoms with van der Waals surface area (Å²) in [4.78, 5) is 29.7. The van der Waals surface area contributed by atoms with E-state index in [1.165, 1.54) is 11.3 Å². The van der Waals surface area contributed by atoms with E-state index in [-0.39, 0.29) is 12.5 Å². The lowest BCUT2D eigenvalue weighted by Crippen LogP contribution is -2.35. The van der Waals surface area contributed by atoms with Gasteiger partial charge in [0.2, 0.25) is 0 Å². The van der Waals surface area contributed by atoms with Gasteiger partial charge in [-0.1, -0.05) is 23.7 Å². The maximum atomic E-state index is 12.5. The van der Waals surface area contributed by atoms with E-state index in [1.807, 2.05) is 12.1 Å². The molecule has 120 valence electrons. The molecule has 2 heterocycles. The fraction of sp³-hybridized carbons (Fsp3) is 0.312. The Morgan fingerprint density at radius 3 is 2.65 bits per heavy atom. The molecule has 0 spiro atoms. The number of hydrogen-bond acceptors (Lipinski definition) is 4. The number of carbonyl (C=O) groups excluding carboxylic acids is 1. The normalized spacial score (nSPS) is 20.7. The molecule has 23 heavy (non-hydrogen) atoms. The number of carboxylic acids is 1.